The van der Waals surface area contributed by atoms with Gasteiger partial charge in [0.05, 0.1) is 0 Å². The van der Waals surface area contributed by atoms with E-state index in [1.54, 1.807) is 12.3 Å². The molecule has 2 rings (SSSR count). The Morgan fingerprint density at radius 3 is 2.58 bits per heavy atom. The van der Waals surface area contributed by atoms with Crippen LogP contribution in [0.1, 0.15) is 38.7 Å². The van der Waals surface area contributed by atoms with Crippen LogP contribution in [0.2, 0.25) is 5.02 Å². The number of amidine groups is 1. The molecule has 1 aliphatic carbocycles. The predicted molar refractivity (Wildman–Crippen MR) is 76.9 cm³/mol. The number of halogens is 1. The first-order chi connectivity index (χ1) is 8.97. The molecular weight excluding hydrogens is 262 g/mol. The molecule has 0 amide bonds. The fraction of sp³-hybridized carbons (Fsp3) is 0.571. The van der Waals surface area contributed by atoms with Gasteiger partial charge in [0.2, 0.25) is 5.88 Å². The zero-order valence-electron chi connectivity index (χ0n) is 11.3. The lowest BCUT2D eigenvalue weighted by atomic mass is 9.82. The molecular formula is C14H20ClN3O. The molecule has 0 spiro atoms. The average Bonchev–Trinajstić information content (AvgIpc) is 2.30. The maximum atomic E-state index is 7.47. The SMILES string of the molecule is CC1CC(C)CC(Oc2nccc(C(=N)N)c2Cl)C1. The summed E-state index contributed by atoms with van der Waals surface area (Å²) in [7, 11) is 0. The Balaban J connectivity index is 2.15. The molecule has 4 nitrogen and oxygen atoms in total. The number of rotatable bonds is 3. The minimum Gasteiger partial charge on any atom is -0.473 e. The molecule has 0 radical (unpaired) electrons. The van der Waals surface area contributed by atoms with Gasteiger partial charge >= 0.3 is 0 Å². The first kappa shape index (κ1) is 14.1. The summed E-state index contributed by atoms with van der Waals surface area (Å²) in [5, 5.41) is 7.80. The van der Waals surface area contributed by atoms with E-state index in [9.17, 15) is 0 Å². The van der Waals surface area contributed by atoms with Gasteiger partial charge in [0.25, 0.3) is 0 Å². The van der Waals surface area contributed by atoms with Crippen LogP contribution in [0.15, 0.2) is 12.3 Å². The number of nitrogens with two attached hydrogens (primary N) is 1. The zero-order chi connectivity index (χ0) is 14.0. The molecule has 2 atom stereocenters. The first-order valence-electron chi connectivity index (χ1n) is 6.63. The van der Waals surface area contributed by atoms with Crippen LogP contribution in [0.5, 0.6) is 5.88 Å². The number of pyridine rings is 1. The van der Waals surface area contributed by atoms with E-state index in [1.807, 2.05) is 0 Å². The van der Waals surface area contributed by atoms with Gasteiger partial charge in [-0.25, -0.2) is 4.98 Å². The van der Waals surface area contributed by atoms with Crippen molar-refractivity contribution in [3.63, 3.8) is 0 Å². The summed E-state index contributed by atoms with van der Waals surface area (Å²) >= 11 is 6.19. The molecule has 19 heavy (non-hydrogen) atoms. The van der Waals surface area contributed by atoms with Gasteiger partial charge in [-0.1, -0.05) is 25.4 Å². The van der Waals surface area contributed by atoms with E-state index >= 15 is 0 Å². The van der Waals surface area contributed by atoms with Crippen LogP contribution in [0.4, 0.5) is 0 Å². The highest BCUT2D eigenvalue weighted by Crippen LogP contribution is 2.33. The third kappa shape index (κ3) is 3.38. The molecule has 1 aromatic heterocycles. The number of ether oxygens (including phenoxy) is 1. The summed E-state index contributed by atoms with van der Waals surface area (Å²) in [5.41, 5.74) is 5.95. The Labute approximate surface area is 118 Å². The molecule has 1 saturated carbocycles. The standard InChI is InChI=1S/C14H20ClN3O/c1-8-5-9(2)7-10(6-8)19-14-12(15)11(13(16)17)3-4-18-14/h3-4,8-10H,5-7H2,1-2H3,(H3,16,17). The van der Waals surface area contributed by atoms with Crippen molar-refractivity contribution in [3.05, 3.63) is 22.8 Å². The fourth-order valence-corrected chi connectivity index (χ4v) is 3.10. The Bertz CT molecular complexity index is 468. The van der Waals surface area contributed by atoms with Gasteiger partial charge in [-0.3, -0.25) is 5.41 Å². The summed E-state index contributed by atoms with van der Waals surface area (Å²) in [6.45, 7) is 4.49. The van der Waals surface area contributed by atoms with E-state index in [4.69, 9.17) is 27.5 Å². The number of nitrogens with zero attached hydrogens (tertiary/aromatic N) is 1. The van der Waals surface area contributed by atoms with E-state index in [1.165, 1.54) is 6.42 Å². The molecule has 1 heterocycles. The Kier molecular flexibility index (Phi) is 4.30. The van der Waals surface area contributed by atoms with Crippen molar-refractivity contribution in [1.82, 2.24) is 4.98 Å². The lowest BCUT2D eigenvalue weighted by molar-refractivity contribution is 0.0968. The van der Waals surface area contributed by atoms with E-state index in [-0.39, 0.29) is 11.9 Å². The molecule has 1 fully saturated rings. The molecule has 1 aliphatic rings. The number of nitrogens with one attached hydrogen (secondary N) is 1. The maximum Gasteiger partial charge on any atom is 0.233 e. The fourth-order valence-electron chi connectivity index (χ4n) is 2.84. The molecule has 5 heteroatoms. The van der Waals surface area contributed by atoms with Crippen LogP contribution in [0.25, 0.3) is 0 Å². The summed E-state index contributed by atoms with van der Waals surface area (Å²) < 4.78 is 5.92. The number of aromatic nitrogens is 1. The summed E-state index contributed by atoms with van der Waals surface area (Å²) in [6, 6.07) is 1.63. The third-order valence-corrected chi connectivity index (χ3v) is 3.93. The van der Waals surface area contributed by atoms with Crippen molar-refractivity contribution < 1.29 is 4.74 Å². The maximum absolute atomic E-state index is 7.47. The van der Waals surface area contributed by atoms with Crippen molar-refractivity contribution in [3.8, 4) is 5.88 Å². The van der Waals surface area contributed by atoms with Gasteiger partial charge in [0.15, 0.2) is 0 Å². The molecule has 0 bridgehead atoms. The highest BCUT2D eigenvalue weighted by molar-refractivity contribution is 6.35. The van der Waals surface area contributed by atoms with Gasteiger partial charge in [-0.2, -0.15) is 0 Å². The molecule has 0 saturated heterocycles. The van der Waals surface area contributed by atoms with Gasteiger partial charge < -0.3 is 10.5 Å². The highest BCUT2D eigenvalue weighted by Gasteiger charge is 2.26. The van der Waals surface area contributed by atoms with Crippen LogP contribution in [0, 0.1) is 17.2 Å². The predicted octanol–water partition coefficient (Wildman–Crippen LogP) is 3.22. The second-order valence-corrected chi connectivity index (χ2v) is 5.93. The molecule has 0 aliphatic heterocycles. The summed E-state index contributed by atoms with van der Waals surface area (Å²) in [4.78, 5) is 4.16. The zero-order valence-corrected chi connectivity index (χ0v) is 12.1. The van der Waals surface area contributed by atoms with Crippen molar-refractivity contribution >= 4 is 17.4 Å². The quantitative estimate of drug-likeness (QED) is 0.660. The highest BCUT2D eigenvalue weighted by atomic mass is 35.5. The van der Waals surface area contributed by atoms with E-state index in [0.29, 0.717) is 28.3 Å². The third-order valence-electron chi connectivity index (χ3n) is 3.56. The Morgan fingerprint density at radius 1 is 1.37 bits per heavy atom. The number of nitrogen functional groups attached to an aromatic ring is 1. The largest absolute Gasteiger partial charge is 0.473 e. The van der Waals surface area contributed by atoms with E-state index in [2.05, 4.69) is 18.8 Å². The number of hydrogen-bond acceptors (Lipinski definition) is 3. The first-order valence-corrected chi connectivity index (χ1v) is 7.00. The second kappa shape index (κ2) is 5.78. The minimum atomic E-state index is -0.0670. The van der Waals surface area contributed by atoms with E-state index < -0.39 is 0 Å². The monoisotopic (exact) mass is 281 g/mol. The lowest BCUT2D eigenvalue weighted by Gasteiger charge is -2.31. The van der Waals surface area contributed by atoms with Gasteiger partial charge in [-0.05, 0) is 37.2 Å². The van der Waals surface area contributed by atoms with Gasteiger partial charge in [-0.15, -0.1) is 0 Å². The Hall–Kier alpha value is -1.29. The van der Waals surface area contributed by atoms with Crippen molar-refractivity contribution in [2.24, 2.45) is 17.6 Å². The van der Waals surface area contributed by atoms with Crippen LogP contribution in [-0.2, 0) is 0 Å². The van der Waals surface area contributed by atoms with Crippen LogP contribution < -0.4 is 10.5 Å². The number of hydrogen-bond donors (Lipinski definition) is 2. The average molecular weight is 282 g/mol. The molecule has 3 N–H and O–H groups in total. The second-order valence-electron chi connectivity index (χ2n) is 5.55. The van der Waals surface area contributed by atoms with Crippen LogP contribution in [-0.4, -0.2) is 16.9 Å². The van der Waals surface area contributed by atoms with Crippen molar-refractivity contribution in [1.29, 1.82) is 5.41 Å². The molecule has 1 aromatic rings. The van der Waals surface area contributed by atoms with E-state index in [0.717, 1.165) is 12.8 Å². The molecule has 2 unspecified atom stereocenters. The topological polar surface area (TPSA) is 72.0 Å². The summed E-state index contributed by atoms with van der Waals surface area (Å²) in [5.74, 6) is 1.63. The van der Waals surface area contributed by atoms with Gasteiger partial charge in [0, 0.05) is 11.8 Å². The van der Waals surface area contributed by atoms with Crippen LogP contribution >= 0.6 is 11.6 Å². The normalized spacial score (nSPS) is 27.0. The van der Waals surface area contributed by atoms with Gasteiger partial charge in [0.1, 0.15) is 17.0 Å². The van der Waals surface area contributed by atoms with Crippen molar-refractivity contribution in [2.45, 2.75) is 39.2 Å². The van der Waals surface area contributed by atoms with Crippen molar-refractivity contribution in [2.75, 3.05) is 0 Å². The Morgan fingerprint density at radius 2 is 2.00 bits per heavy atom. The summed E-state index contributed by atoms with van der Waals surface area (Å²) in [6.07, 6.45) is 5.01. The molecule has 0 aromatic carbocycles. The minimum absolute atomic E-state index is 0.0670. The smallest absolute Gasteiger partial charge is 0.233 e. The molecule has 104 valence electrons. The lowest BCUT2D eigenvalue weighted by Crippen LogP contribution is -2.29. The van der Waals surface area contributed by atoms with Crippen LogP contribution in [0.3, 0.4) is 0 Å².